The number of fused-ring (bicyclic) bond motifs is 1. The average Bonchev–Trinajstić information content (AvgIpc) is 2.79. The van der Waals surface area contributed by atoms with E-state index in [-0.39, 0.29) is 5.91 Å². The second-order valence-corrected chi connectivity index (χ2v) is 7.33. The molecule has 0 fully saturated rings. The lowest BCUT2D eigenvalue weighted by molar-refractivity contribution is -0.114. The fourth-order valence-electron chi connectivity index (χ4n) is 3.48. The fourth-order valence-corrected chi connectivity index (χ4v) is 3.48. The van der Waals surface area contributed by atoms with E-state index in [0.717, 1.165) is 57.8 Å². The Morgan fingerprint density at radius 3 is 2.55 bits per heavy atom. The summed E-state index contributed by atoms with van der Waals surface area (Å²) in [5.74, 6) is 0.737. The van der Waals surface area contributed by atoms with Crippen LogP contribution in [-0.2, 0) is 4.79 Å². The maximum atomic E-state index is 11.3. The number of amides is 1. The number of aromatic nitrogens is 2. The summed E-state index contributed by atoms with van der Waals surface area (Å²) in [6, 6.07) is 22.0. The van der Waals surface area contributed by atoms with E-state index in [1.165, 1.54) is 6.92 Å². The summed E-state index contributed by atoms with van der Waals surface area (Å²) in [6.45, 7) is 2.90. The molecular formula is C25H25N5O. The smallest absolute Gasteiger partial charge is 0.221 e. The zero-order chi connectivity index (χ0) is 21.6. The predicted molar refractivity (Wildman–Crippen MR) is 127 cm³/mol. The Morgan fingerprint density at radius 1 is 0.968 bits per heavy atom. The normalized spacial score (nSPS) is 10.8. The number of benzene rings is 2. The summed E-state index contributed by atoms with van der Waals surface area (Å²) in [5.41, 5.74) is 11.3. The van der Waals surface area contributed by atoms with Gasteiger partial charge < -0.3 is 16.4 Å². The first-order chi connectivity index (χ1) is 15.1. The summed E-state index contributed by atoms with van der Waals surface area (Å²) in [4.78, 5) is 20.7. The molecule has 0 bridgehead atoms. The highest BCUT2D eigenvalue weighted by molar-refractivity contribution is 5.92. The highest BCUT2D eigenvalue weighted by Crippen LogP contribution is 2.29. The minimum Gasteiger partial charge on any atom is -0.369 e. The first kappa shape index (κ1) is 20.5. The third-order valence-electron chi connectivity index (χ3n) is 4.97. The van der Waals surface area contributed by atoms with Crippen LogP contribution in [0.15, 0.2) is 72.9 Å². The predicted octanol–water partition coefficient (Wildman–Crippen LogP) is 4.68. The summed E-state index contributed by atoms with van der Waals surface area (Å²) in [7, 11) is 0. The van der Waals surface area contributed by atoms with Gasteiger partial charge in [-0.2, -0.15) is 0 Å². The molecule has 2 aromatic heterocycles. The minimum absolute atomic E-state index is 0.0839. The minimum atomic E-state index is -0.0839. The van der Waals surface area contributed by atoms with Gasteiger partial charge in [-0.3, -0.25) is 9.78 Å². The monoisotopic (exact) mass is 411 g/mol. The van der Waals surface area contributed by atoms with Crippen LogP contribution < -0.4 is 16.4 Å². The third-order valence-corrected chi connectivity index (χ3v) is 4.97. The molecule has 156 valence electrons. The molecule has 2 aromatic carbocycles. The van der Waals surface area contributed by atoms with Crippen molar-refractivity contribution in [2.75, 3.05) is 23.7 Å². The molecule has 0 aliphatic rings. The molecule has 0 saturated heterocycles. The van der Waals surface area contributed by atoms with Crippen molar-refractivity contribution >= 4 is 28.3 Å². The largest absolute Gasteiger partial charge is 0.369 e. The summed E-state index contributed by atoms with van der Waals surface area (Å²) in [6.07, 6.45) is 2.67. The Balaban J connectivity index is 1.65. The SMILES string of the molecule is CC(=O)Nc1cccc(-c2ccc(-c3cc4ncccc4c(NCCCN)n3)cc2)c1. The molecule has 0 atom stereocenters. The summed E-state index contributed by atoms with van der Waals surface area (Å²) in [5, 5.41) is 7.21. The van der Waals surface area contributed by atoms with Crippen LogP contribution in [0.5, 0.6) is 0 Å². The standard InChI is InChI=1S/C25H25N5O/c1-17(31)29-21-6-2-5-20(15-21)18-8-10-19(11-9-18)23-16-24-22(7-3-13-27-24)25(30-23)28-14-4-12-26/h2-3,5-11,13,15-16H,4,12,14,26H2,1H3,(H,28,30)(H,29,31). The summed E-state index contributed by atoms with van der Waals surface area (Å²) >= 11 is 0. The molecule has 0 aliphatic carbocycles. The van der Waals surface area contributed by atoms with Crippen LogP contribution in [0.4, 0.5) is 11.5 Å². The number of pyridine rings is 2. The second kappa shape index (κ2) is 9.36. The maximum absolute atomic E-state index is 11.3. The summed E-state index contributed by atoms with van der Waals surface area (Å²) < 4.78 is 0. The van der Waals surface area contributed by atoms with Gasteiger partial charge in [-0.05, 0) is 54.4 Å². The van der Waals surface area contributed by atoms with Crippen LogP contribution in [0.3, 0.4) is 0 Å². The number of carbonyl (C=O) groups is 1. The van der Waals surface area contributed by atoms with Gasteiger partial charge in [-0.25, -0.2) is 4.98 Å². The van der Waals surface area contributed by atoms with Crippen LogP contribution in [-0.4, -0.2) is 29.0 Å². The van der Waals surface area contributed by atoms with Gasteiger partial charge in [-0.15, -0.1) is 0 Å². The molecule has 4 rings (SSSR count). The van der Waals surface area contributed by atoms with E-state index in [1.807, 2.05) is 42.5 Å². The number of hydrogen-bond acceptors (Lipinski definition) is 5. The molecule has 0 saturated carbocycles. The average molecular weight is 412 g/mol. The number of nitrogens with zero attached hydrogens (tertiary/aromatic N) is 2. The maximum Gasteiger partial charge on any atom is 0.221 e. The van der Waals surface area contributed by atoms with Gasteiger partial charge in [0.15, 0.2) is 0 Å². The van der Waals surface area contributed by atoms with Crippen molar-refractivity contribution in [2.24, 2.45) is 5.73 Å². The fraction of sp³-hybridized carbons (Fsp3) is 0.160. The van der Waals surface area contributed by atoms with Crippen molar-refractivity contribution < 1.29 is 4.79 Å². The van der Waals surface area contributed by atoms with Crippen LogP contribution in [0.1, 0.15) is 13.3 Å². The van der Waals surface area contributed by atoms with Crippen molar-refractivity contribution in [3.8, 4) is 22.4 Å². The number of anilines is 2. The Bertz CT molecular complexity index is 1200. The Morgan fingerprint density at radius 2 is 1.77 bits per heavy atom. The van der Waals surface area contributed by atoms with Crippen LogP contribution in [0, 0.1) is 0 Å². The molecule has 4 N–H and O–H groups in total. The highest BCUT2D eigenvalue weighted by Gasteiger charge is 2.09. The zero-order valence-electron chi connectivity index (χ0n) is 17.4. The molecule has 0 spiro atoms. The van der Waals surface area contributed by atoms with E-state index in [2.05, 4.69) is 39.9 Å². The molecule has 31 heavy (non-hydrogen) atoms. The molecule has 6 nitrogen and oxygen atoms in total. The lowest BCUT2D eigenvalue weighted by Crippen LogP contribution is -2.10. The van der Waals surface area contributed by atoms with Crippen molar-refractivity contribution in [2.45, 2.75) is 13.3 Å². The van der Waals surface area contributed by atoms with Crippen LogP contribution in [0.25, 0.3) is 33.3 Å². The zero-order valence-corrected chi connectivity index (χ0v) is 17.4. The van der Waals surface area contributed by atoms with E-state index in [4.69, 9.17) is 10.7 Å². The number of nitrogens with one attached hydrogen (secondary N) is 2. The molecule has 0 aliphatic heterocycles. The van der Waals surface area contributed by atoms with E-state index in [0.29, 0.717) is 6.54 Å². The molecule has 1 amide bonds. The van der Waals surface area contributed by atoms with Crippen LogP contribution >= 0.6 is 0 Å². The van der Waals surface area contributed by atoms with E-state index in [9.17, 15) is 4.79 Å². The van der Waals surface area contributed by atoms with Crippen molar-refractivity contribution in [1.82, 2.24) is 9.97 Å². The van der Waals surface area contributed by atoms with Crippen molar-refractivity contribution in [1.29, 1.82) is 0 Å². The Kier molecular flexibility index (Phi) is 6.19. The number of nitrogens with two attached hydrogens (primary N) is 1. The lowest BCUT2D eigenvalue weighted by Gasteiger charge is -2.12. The van der Waals surface area contributed by atoms with Crippen LogP contribution in [0.2, 0.25) is 0 Å². The topological polar surface area (TPSA) is 92.9 Å². The number of rotatable bonds is 7. The Hall–Kier alpha value is -3.77. The first-order valence-electron chi connectivity index (χ1n) is 10.3. The quantitative estimate of drug-likeness (QED) is 0.384. The third kappa shape index (κ3) is 4.87. The van der Waals surface area contributed by atoms with Gasteiger partial charge in [0.2, 0.25) is 5.91 Å². The molecular weight excluding hydrogens is 386 g/mol. The van der Waals surface area contributed by atoms with Gasteiger partial charge in [0.25, 0.3) is 0 Å². The first-order valence-corrected chi connectivity index (χ1v) is 10.3. The van der Waals surface area contributed by atoms with Gasteiger partial charge in [0.1, 0.15) is 5.82 Å². The van der Waals surface area contributed by atoms with Crippen molar-refractivity contribution in [3.05, 3.63) is 72.9 Å². The second-order valence-electron chi connectivity index (χ2n) is 7.33. The van der Waals surface area contributed by atoms with E-state index >= 15 is 0 Å². The number of hydrogen-bond donors (Lipinski definition) is 3. The van der Waals surface area contributed by atoms with Gasteiger partial charge in [0, 0.05) is 36.3 Å². The van der Waals surface area contributed by atoms with Gasteiger partial charge in [0.05, 0.1) is 11.2 Å². The molecule has 0 unspecified atom stereocenters. The molecule has 2 heterocycles. The Labute approximate surface area is 181 Å². The van der Waals surface area contributed by atoms with E-state index < -0.39 is 0 Å². The van der Waals surface area contributed by atoms with E-state index in [1.54, 1.807) is 6.20 Å². The van der Waals surface area contributed by atoms with Crippen molar-refractivity contribution in [3.63, 3.8) is 0 Å². The number of carbonyl (C=O) groups excluding carboxylic acids is 1. The molecule has 0 radical (unpaired) electrons. The lowest BCUT2D eigenvalue weighted by atomic mass is 10.0. The van der Waals surface area contributed by atoms with Gasteiger partial charge >= 0.3 is 0 Å². The molecule has 4 aromatic rings. The highest BCUT2D eigenvalue weighted by atomic mass is 16.1. The van der Waals surface area contributed by atoms with Gasteiger partial charge in [-0.1, -0.05) is 36.4 Å². The molecule has 6 heteroatoms.